The highest BCUT2D eigenvalue weighted by Crippen LogP contribution is 2.24. The largest absolute Gasteiger partial charge is 0.459 e. The third-order valence-electron chi connectivity index (χ3n) is 4.93. The summed E-state index contributed by atoms with van der Waals surface area (Å²) in [6.45, 7) is 2.74. The number of likely N-dealkylation sites (N-methyl/N-ethyl adjacent to an activating group) is 1. The molecule has 0 bridgehead atoms. The lowest BCUT2D eigenvalue weighted by atomic mass is 10.1. The first-order valence-corrected chi connectivity index (χ1v) is 9.26. The summed E-state index contributed by atoms with van der Waals surface area (Å²) < 4.78 is 5.96. The van der Waals surface area contributed by atoms with Gasteiger partial charge in [-0.2, -0.15) is 0 Å². The minimum atomic E-state index is -0.0163. The molecule has 6 nitrogen and oxygen atoms in total. The Bertz CT molecular complexity index is 794. The SMILES string of the molecule is Cc1c(CNC(=NCC(=O)N(C)C)NC2CCCC2)oc2ccccc12.I. The minimum Gasteiger partial charge on any atom is -0.459 e. The lowest BCUT2D eigenvalue weighted by molar-refractivity contribution is -0.127. The third-order valence-corrected chi connectivity index (χ3v) is 4.93. The van der Waals surface area contributed by atoms with Gasteiger partial charge >= 0.3 is 0 Å². The van der Waals surface area contributed by atoms with E-state index in [-0.39, 0.29) is 36.4 Å². The maximum atomic E-state index is 11.9. The molecular formula is C20H29IN4O2. The zero-order chi connectivity index (χ0) is 18.5. The first-order chi connectivity index (χ1) is 12.5. The van der Waals surface area contributed by atoms with Crippen molar-refractivity contribution in [3.8, 4) is 0 Å². The zero-order valence-corrected chi connectivity index (χ0v) is 18.6. The quantitative estimate of drug-likeness (QED) is 0.388. The molecule has 7 heteroatoms. The van der Waals surface area contributed by atoms with Gasteiger partial charge in [-0.05, 0) is 25.8 Å². The fraction of sp³-hybridized carbons (Fsp3) is 0.500. The molecule has 0 unspecified atom stereocenters. The number of amides is 1. The van der Waals surface area contributed by atoms with Crippen LogP contribution in [0.5, 0.6) is 0 Å². The van der Waals surface area contributed by atoms with Crippen LogP contribution in [0.4, 0.5) is 0 Å². The smallest absolute Gasteiger partial charge is 0.243 e. The number of guanidine groups is 1. The van der Waals surface area contributed by atoms with Crippen LogP contribution < -0.4 is 10.6 Å². The van der Waals surface area contributed by atoms with Gasteiger partial charge in [0.15, 0.2) is 5.96 Å². The monoisotopic (exact) mass is 484 g/mol. The summed E-state index contributed by atoms with van der Waals surface area (Å²) in [5, 5.41) is 7.93. The van der Waals surface area contributed by atoms with E-state index in [2.05, 4.69) is 28.6 Å². The van der Waals surface area contributed by atoms with Crippen molar-refractivity contribution in [1.82, 2.24) is 15.5 Å². The first kappa shape index (κ1) is 21.5. The van der Waals surface area contributed by atoms with Crippen molar-refractivity contribution in [3.63, 3.8) is 0 Å². The number of hydrogen-bond donors (Lipinski definition) is 2. The number of aryl methyl sites for hydroxylation is 1. The average molecular weight is 484 g/mol. The predicted octanol–water partition coefficient (Wildman–Crippen LogP) is 3.43. The molecule has 0 aliphatic heterocycles. The van der Waals surface area contributed by atoms with E-state index in [9.17, 15) is 4.79 Å². The van der Waals surface area contributed by atoms with Crippen molar-refractivity contribution >= 4 is 46.8 Å². The van der Waals surface area contributed by atoms with E-state index < -0.39 is 0 Å². The maximum absolute atomic E-state index is 11.9. The van der Waals surface area contributed by atoms with Crippen molar-refractivity contribution in [2.75, 3.05) is 20.6 Å². The molecule has 0 radical (unpaired) electrons. The van der Waals surface area contributed by atoms with Crippen molar-refractivity contribution in [1.29, 1.82) is 0 Å². The molecule has 1 aliphatic rings. The number of rotatable bonds is 5. The molecule has 148 valence electrons. The molecule has 2 aromatic rings. The van der Waals surface area contributed by atoms with Crippen LogP contribution in [-0.2, 0) is 11.3 Å². The normalized spacial score (nSPS) is 14.9. The Morgan fingerprint density at radius 1 is 1.26 bits per heavy atom. The number of benzene rings is 1. The van der Waals surface area contributed by atoms with Crippen LogP contribution in [0.2, 0.25) is 0 Å². The number of nitrogens with zero attached hydrogens (tertiary/aromatic N) is 2. The summed E-state index contributed by atoms with van der Waals surface area (Å²) in [7, 11) is 3.49. The summed E-state index contributed by atoms with van der Waals surface area (Å²) in [4.78, 5) is 17.9. The Hall–Kier alpha value is -1.77. The molecule has 1 aliphatic carbocycles. The van der Waals surface area contributed by atoms with Crippen molar-refractivity contribution in [2.45, 2.75) is 45.2 Å². The Kier molecular flexibility index (Phi) is 7.94. The molecule has 0 saturated heterocycles. The number of hydrogen-bond acceptors (Lipinski definition) is 3. The molecule has 27 heavy (non-hydrogen) atoms. The Morgan fingerprint density at radius 3 is 2.63 bits per heavy atom. The fourth-order valence-corrected chi connectivity index (χ4v) is 3.26. The van der Waals surface area contributed by atoms with Crippen LogP contribution in [0.15, 0.2) is 33.7 Å². The highest BCUT2D eigenvalue weighted by molar-refractivity contribution is 14.0. The van der Waals surface area contributed by atoms with E-state index in [4.69, 9.17) is 4.42 Å². The predicted molar refractivity (Wildman–Crippen MR) is 120 cm³/mol. The topological polar surface area (TPSA) is 69.9 Å². The molecule has 0 spiro atoms. The molecule has 1 aromatic carbocycles. The van der Waals surface area contributed by atoms with E-state index >= 15 is 0 Å². The second kappa shape index (κ2) is 9.96. The van der Waals surface area contributed by atoms with E-state index in [1.54, 1.807) is 19.0 Å². The average Bonchev–Trinajstić information content (AvgIpc) is 3.25. The van der Waals surface area contributed by atoms with Gasteiger partial charge in [-0.15, -0.1) is 24.0 Å². The van der Waals surface area contributed by atoms with E-state index in [1.807, 2.05) is 18.2 Å². The molecule has 1 amide bonds. The van der Waals surface area contributed by atoms with Crippen molar-refractivity contribution in [3.05, 3.63) is 35.6 Å². The summed E-state index contributed by atoms with van der Waals surface area (Å²) >= 11 is 0. The fourth-order valence-electron chi connectivity index (χ4n) is 3.26. The number of halogens is 1. The van der Waals surface area contributed by atoms with Gasteiger partial charge in [0.2, 0.25) is 5.91 Å². The van der Waals surface area contributed by atoms with Gasteiger partial charge in [0.25, 0.3) is 0 Å². The number of furan rings is 1. The van der Waals surface area contributed by atoms with Crippen LogP contribution in [0.3, 0.4) is 0 Å². The standard InChI is InChI=1S/C20H28N4O2.HI/c1-14-16-10-6-7-11-17(16)26-18(14)12-21-20(22-13-19(25)24(2)3)23-15-8-4-5-9-15;/h6-7,10-11,15H,4-5,8-9,12-13H2,1-3H3,(H2,21,22,23);1H. The third kappa shape index (κ3) is 5.60. The zero-order valence-electron chi connectivity index (χ0n) is 16.2. The minimum absolute atomic E-state index is 0. The number of nitrogens with one attached hydrogen (secondary N) is 2. The highest BCUT2D eigenvalue weighted by atomic mass is 127. The van der Waals surface area contributed by atoms with Crippen LogP contribution in [-0.4, -0.2) is 43.4 Å². The second-order valence-electron chi connectivity index (χ2n) is 7.08. The highest BCUT2D eigenvalue weighted by Gasteiger charge is 2.17. The summed E-state index contributed by atoms with van der Waals surface area (Å²) in [5.41, 5.74) is 2.03. The van der Waals surface area contributed by atoms with Gasteiger partial charge in [-0.25, -0.2) is 4.99 Å². The number of aliphatic imine (C=N–C) groups is 1. The number of fused-ring (bicyclic) bond motifs is 1. The molecule has 1 heterocycles. The van der Waals surface area contributed by atoms with E-state index in [0.717, 1.165) is 35.1 Å². The molecule has 3 rings (SSSR count). The number of para-hydroxylation sites is 1. The van der Waals surface area contributed by atoms with Crippen molar-refractivity contribution in [2.24, 2.45) is 4.99 Å². The summed E-state index contributed by atoms with van der Waals surface area (Å²) in [6.07, 6.45) is 4.77. The Labute approximate surface area is 177 Å². The molecule has 1 fully saturated rings. The van der Waals surface area contributed by atoms with E-state index in [0.29, 0.717) is 18.5 Å². The molecular weight excluding hydrogens is 455 g/mol. The maximum Gasteiger partial charge on any atom is 0.243 e. The first-order valence-electron chi connectivity index (χ1n) is 9.26. The molecule has 0 atom stereocenters. The second-order valence-corrected chi connectivity index (χ2v) is 7.08. The lowest BCUT2D eigenvalue weighted by Crippen LogP contribution is -2.42. The van der Waals surface area contributed by atoms with Crippen LogP contribution in [0.1, 0.15) is 37.0 Å². The van der Waals surface area contributed by atoms with Crippen LogP contribution in [0.25, 0.3) is 11.0 Å². The Morgan fingerprint density at radius 2 is 1.96 bits per heavy atom. The van der Waals surface area contributed by atoms with Gasteiger partial charge < -0.3 is 20.0 Å². The van der Waals surface area contributed by atoms with Gasteiger partial charge in [0.1, 0.15) is 17.9 Å². The Balaban J connectivity index is 0.00000261. The van der Waals surface area contributed by atoms with Gasteiger partial charge in [0, 0.05) is 31.1 Å². The summed E-state index contributed by atoms with van der Waals surface area (Å²) in [6, 6.07) is 8.47. The number of carbonyl (C=O) groups excluding carboxylic acids is 1. The summed E-state index contributed by atoms with van der Waals surface area (Å²) in [5.74, 6) is 1.55. The molecule has 1 saturated carbocycles. The van der Waals surface area contributed by atoms with Crippen LogP contribution in [0, 0.1) is 6.92 Å². The van der Waals surface area contributed by atoms with Gasteiger partial charge in [0.05, 0.1) is 6.54 Å². The molecule has 2 N–H and O–H groups in total. The van der Waals surface area contributed by atoms with Crippen LogP contribution >= 0.6 is 24.0 Å². The number of carbonyl (C=O) groups is 1. The van der Waals surface area contributed by atoms with Crippen molar-refractivity contribution < 1.29 is 9.21 Å². The lowest BCUT2D eigenvalue weighted by Gasteiger charge is -2.17. The molecule has 1 aromatic heterocycles. The van der Waals surface area contributed by atoms with E-state index in [1.165, 1.54) is 12.8 Å². The van der Waals surface area contributed by atoms with Gasteiger partial charge in [-0.1, -0.05) is 31.0 Å². The van der Waals surface area contributed by atoms with Gasteiger partial charge in [-0.3, -0.25) is 4.79 Å².